The third kappa shape index (κ3) is 5.43. The van der Waals surface area contributed by atoms with Crippen molar-refractivity contribution in [1.29, 1.82) is 0 Å². The van der Waals surface area contributed by atoms with Crippen molar-refractivity contribution in [2.45, 2.75) is 19.9 Å². The van der Waals surface area contributed by atoms with Crippen LogP contribution in [0.15, 0.2) is 54.7 Å². The summed E-state index contributed by atoms with van der Waals surface area (Å²) in [5, 5.41) is 9.57. The molecule has 0 saturated heterocycles. The van der Waals surface area contributed by atoms with Crippen LogP contribution in [0, 0.1) is 0 Å². The van der Waals surface area contributed by atoms with Gasteiger partial charge in [0.15, 0.2) is 0 Å². The van der Waals surface area contributed by atoms with Crippen molar-refractivity contribution in [3.63, 3.8) is 0 Å². The van der Waals surface area contributed by atoms with Gasteiger partial charge in [0.05, 0.1) is 18.4 Å². The van der Waals surface area contributed by atoms with Crippen molar-refractivity contribution >= 4 is 17.7 Å². The molecule has 4 N–H and O–H groups in total. The molecule has 3 rings (SSSR count). The highest BCUT2D eigenvalue weighted by molar-refractivity contribution is 5.91. The highest BCUT2D eigenvalue weighted by Gasteiger charge is 2.10. The molecule has 8 heteroatoms. The molecule has 0 aliphatic carbocycles. The number of aromatic amines is 1. The maximum Gasteiger partial charge on any atom is 0.417 e. The number of benzene rings is 2. The number of nitrogens with zero attached hydrogens (tertiary/aromatic N) is 1. The largest absolute Gasteiger partial charge is 0.462 e. The third-order valence-electron chi connectivity index (χ3n) is 4.16. The second kappa shape index (κ2) is 9.52. The molecule has 0 atom stereocenters. The van der Waals surface area contributed by atoms with Gasteiger partial charge in [-0.25, -0.2) is 9.59 Å². The highest BCUT2D eigenvalue weighted by atomic mass is 16.6. The van der Waals surface area contributed by atoms with Gasteiger partial charge in [-0.2, -0.15) is 5.10 Å². The van der Waals surface area contributed by atoms with Gasteiger partial charge in [0.2, 0.25) is 0 Å². The molecule has 1 heterocycles. The van der Waals surface area contributed by atoms with E-state index in [9.17, 15) is 9.59 Å². The first kappa shape index (κ1) is 20.1. The van der Waals surface area contributed by atoms with E-state index in [0.29, 0.717) is 36.6 Å². The van der Waals surface area contributed by atoms with E-state index in [0.717, 1.165) is 16.8 Å². The fourth-order valence-corrected chi connectivity index (χ4v) is 2.74. The minimum absolute atomic E-state index is 0.304. The van der Waals surface area contributed by atoms with Gasteiger partial charge in [-0.3, -0.25) is 10.4 Å². The molecule has 8 nitrogen and oxygen atoms in total. The van der Waals surface area contributed by atoms with Crippen LogP contribution < -0.4 is 15.8 Å². The van der Waals surface area contributed by atoms with Crippen molar-refractivity contribution in [1.82, 2.24) is 10.2 Å². The van der Waals surface area contributed by atoms with Gasteiger partial charge >= 0.3 is 12.1 Å². The Bertz CT molecular complexity index is 982. The smallest absolute Gasteiger partial charge is 0.417 e. The number of H-pyrrole nitrogens is 1. The molecule has 0 fully saturated rings. The number of esters is 1. The monoisotopic (exact) mass is 394 g/mol. The molecule has 1 aromatic heterocycles. The average molecular weight is 394 g/mol. The SMILES string of the molecule is CCOC(=O)c1ccc(NC(=O)Oc2cccc(Cc3[nH]ncc3CN)c2)cc1. The summed E-state index contributed by atoms with van der Waals surface area (Å²) in [6.07, 6.45) is 1.67. The van der Waals surface area contributed by atoms with Gasteiger partial charge in [0.25, 0.3) is 0 Å². The van der Waals surface area contributed by atoms with Crippen LogP contribution in [-0.4, -0.2) is 28.9 Å². The van der Waals surface area contributed by atoms with E-state index in [1.54, 1.807) is 49.5 Å². The maximum absolute atomic E-state index is 12.2. The molecule has 1 amide bonds. The number of nitrogens with two attached hydrogens (primary N) is 1. The Morgan fingerprint density at radius 3 is 2.69 bits per heavy atom. The van der Waals surface area contributed by atoms with E-state index in [1.165, 1.54) is 0 Å². The molecule has 29 heavy (non-hydrogen) atoms. The minimum Gasteiger partial charge on any atom is -0.462 e. The third-order valence-corrected chi connectivity index (χ3v) is 4.16. The fraction of sp³-hybridized carbons (Fsp3) is 0.190. The molecule has 150 valence electrons. The van der Waals surface area contributed by atoms with Crippen molar-refractivity contribution in [3.8, 4) is 5.75 Å². The quantitative estimate of drug-likeness (QED) is 0.529. The second-order valence-electron chi connectivity index (χ2n) is 6.21. The Morgan fingerprint density at radius 1 is 1.17 bits per heavy atom. The molecule has 0 aliphatic rings. The Kier molecular flexibility index (Phi) is 6.59. The Balaban J connectivity index is 1.60. The minimum atomic E-state index is -0.629. The van der Waals surface area contributed by atoms with Crippen LogP contribution in [0.5, 0.6) is 5.75 Å². The summed E-state index contributed by atoms with van der Waals surface area (Å²) in [5.74, 6) is 0.00505. The van der Waals surface area contributed by atoms with E-state index >= 15 is 0 Å². The highest BCUT2D eigenvalue weighted by Crippen LogP contribution is 2.18. The van der Waals surface area contributed by atoms with Gasteiger partial charge in [0, 0.05) is 29.9 Å². The lowest BCUT2D eigenvalue weighted by atomic mass is 10.1. The molecule has 0 bridgehead atoms. The molecule has 0 unspecified atom stereocenters. The number of rotatable bonds is 7. The zero-order valence-corrected chi connectivity index (χ0v) is 16.0. The molecule has 0 saturated carbocycles. The number of anilines is 1. The maximum atomic E-state index is 12.2. The summed E-state index contributed by atoms with van der Waals surface area (Å²) in [5.41, 5.74) is 9.43. The predicted molar refractivity (Wildman–Crippen MR) is 108 cm³/mol. The summed E-state index contributed by atoms with van der Waals surface area (Å²) < 4.78 is 10.3. The van der Waals surface area contributed by atoms with E-state index in [4.69, 9.17) is 15.2 Å². The lowest BCUT2D eigenvalue weighted by molar-refractivity contribution is 0.0526. The fourth-order valence-electron chi connectivity index (χ4n) is 2.74. The van der Waals surface area contributed by atoms with Gasteiger partial charge in [0.1, 0.15) is 5.75 Å². The van der Waals surface area contributed by atoms with Crippen LogP contribution in [0.1, 0.15) is 34.1 Å². The van der Waals surface area contributed by atoms with Crippen LogP contribution in [0.2, 0.25) is 0 Å². The number of nitrogens with one attached hydrogen (secondary N) is 2. The second-order valence-corrected chi connectivity index (χ2v) is 6.21. The number of hydrogen-bond donors (Lipinski definition) is 3. The molecule has 0 aliphatic heterocycles. The number of carbonyl (C=O) groups excluding carboxylic acids is 2. The number of hydrogen-bond acceptors (Lipinski definition) is 6. The van der Waals surface area contributed by atoms with E-state index in [1.807, 2.05) is 12.1 Å². The Morgan fingerprint density at radius 2 is 1.97 bits per heavy atom. The van der Waals surface area contributed by atoms with Crippen molar-refractivity contribution in [2.75, 3.05) is 11.9 Å². The Hall–Kier alpha value is -3.65. The number of ether oxygens (including phenoxy) is 2. The van der Waals surface area contributed by atoms with Gasteiger partial charge in [-0.15, -0.1) is 0 Å². The summed E-state index contributed by atoms with van der Waals surface area (Å²) >= 11 is 0. The molecule has 0 radical (unpaired) electrons. The Labute approximate surface area is 168 Å². The van der Waals surface area contributed by atoms with Crippen molar-refractivity contribution in [3.05, 3.63) is 77.1 Å². The average Bonchev–Trinajstić information content (AvgIpc) is 3.16. The van der Waals surface area contributed by atoms with Crippen LogP contribution in [-0.2, 0) is 17.7 Å². The van der Waals surface area contributed by atoms with Crippen LogP contribution in [0.4, 0.5) is 10.5 Å². The van der Waals surface area contributed by atoms with Crippen molar-refractivity contribution < 1.29 is 19.1 Å². The molecule has 2 aromatic carbocycles. The van der Waals surface area contributed by atoms with Crippen LogP contribution in [0.3, 0.4) is 0 Å². The van der Waals surface area contributed by atoms with Gasteiger partial charge in [-0.05, 0) is 48.9 Å². The first-order valence-corrected chi connectivity index (χ1v) is 9.15. The van der Waals surface area contributed by atoms with Crippen LogP contribution >= 0.6 is 0 Å². The summed E-state index contributed by atoms with van der Waals surface area (Å²) in [6.45, 7) is 2.45. The topological polar surface area (TPSA) is 119 Å². The normalized spacial score (nSPS) is 10.4. The van der Waals surface area contributed by atoms with Crippen LogP contribution in [0.25, 0.3) is 0 Å². The van der Waals surface area contributed by atoms with Crippen molar-refractivity contribution in [2.24, 2.45) is 5.73 Å². The molecular formula is C21H22N4O4. The first-order chi connectivity index (χ1) is 14.1. The van der Waals surface area contributed by atoms with E-state index in [2.05, 4.69) is 15.5 Å². The molecule has 3 aromatic rings. The lowest BCUT2D eigenvalue weighted by Gasteiger charge is -2.09. The predicted octanol–water partition coefficient (Wildman–Crippen LogP) is 3.25. The van der Waals surface area contributed by atoms with Gasteiger partial charge in [-0.1, -0.05) is 12.1 Å². The van der Waals surface area contributed by atoms with E-state index < -0.39 is 12.1 Å². The van der Waals surface area contributed by atoms with E-state index in [-0.39, 0.29) is 0 Å². The zero-order chi connectivity index (χ0) is 20.6. The standard InChI is InChI=1S/C21H22N4O4/c1-2-28-20(26)15-6-8-17(9-7-15)24-21(27)29-18-5-3-4-14(10-18)11-19-16(12-22)13-23-25-19/h3-10,13H,2,11-12,22H2,1H3,(H,23,25)(H,24,27). The first-order valence-electron chi connectivity index (χ1n) is 9.15. The zero-order valence-electron chi connectivity index (χ0n) is 16.0. The number of aromatic nitrogens is 2. The molecular weight excluding hydrogens is 372 g/mol. The molecule has 0 spiro atoms. The summed E-state index contributed by atoms with van der Waals surface area (Å²) in [7, 11) is 0. The lowest BCUT2D eigenvalue weighted by Crippen LogP contribution is -2.17. The number of carbonyl (C=O) groups is 2. The summed E-state index contributed by atoms with van der Waals surface area (Å²) in [6, 6.07) is 13.6. The summed E-state index contributed by atoms with van der Waals surface area (Å²) in [4.78, 5) is 23.8. The van der Waals surface area contributed by atoms with Gasteiger partial charge < -0.3 is 15.2 Å². The number of amides is 1.